The zero-order valence-corrected chi connectivity index (χ0v) is 19.4. The van der Waals surface area contributed by atoms with Crippen LogP contribution in [-0.2, 0) is 15.8 Å². The third kappa shape index (κ3) is 9.73. The minimum absolute atomic E-state index is 0.377. The van der Waals surface area contributed by atoms with Crippen molar-refractivity contribution < 1.29 is 9.16 Å². The van der Waals surface area contributed by atoms with Crippen LogP contribution in [0.4, 0.5) is 0 Å². The van der Waals surface area contributed by atoms with Gasteiger partial charge in [-0.3, -0.25) is 0 Å². The zero-order chi connectivity index (χ0) is 20.0. The van der Waals surface area contributed by atoms with Crippen molar-refractivity contribution in [3.8, 4) is 0 Å². The van der Waals surface area contributed by atoms with Crippen molar-refractivity contribution in [1.29, 1.82) is 0 Å². The summed E-state index contributed by atoms with van der Waals surface area (Å²) >= 11 is 0. The highest BCUT2D eigenvalue weighted by atomic mass is 28.4. The molecule has 154 valence electrons. The molecule has 1 aromatic rings. The van der Waals surface area contributed by atoms with Crippen LogP contribution < -0.4 is 0 Å². The molecule has 1 unspecified atom stereocenters. The molecule has 3 heteroatoms. The predicted molar refractivity (Wildman–Crippen MR) is 121 cm³/mol. The molecule has 0 amide bonds. The van der Waals surface area contributed by atoms with Gasteiger partial charge < -0.3 is 9.16 Å². The fourth-order valence-corrected chi connectivity index (χ4v) is 6.37. The van der Waals surface area contributed by atoms with E-state index >= 15 is 0 Å². The van der Waals surface area contributed by atoms with E-state index in [2.05, 4.69) is 71.0 Å². The van der Waals surface area contributed by atoms with Crippen LogP contribution in [-0.4, -0.2) is 21.0 Å². The highest BCUT2D eigenvalue weighted by Gasteiger charge is 2.32. The SMILES string of the molecule is CC[Si](CC)(CC)OC(CC=CCCCCOCc1ccccc1)C(C)C. The second-order valence-corrected chi connectivity index (χ2v) is 12.6. The van der Waals surface area contributed by atoms with Gasteiger partial charge in [-0.1, -0.05) is 77.1 Å². The minimum Gasteiger partial charge on any atom is -0.413 e. The molecule has 1 atom stereocenters. The number of hydrogen-bond acceptors (Lipinski definition) is 2. The standard InChI is InChI=1S/C24H42O2Si/c1-6-27(7-2,8-3)26-24(22(4)5)19-15-10-9-11-16-20-25-21-23-17-13-12-14-18-23/h10,12-15,17-18,22,24H,6-9,11,16,19-21H2,1-5H3. The Morgan fingerprint density at radius 2 is 1.59 bits per heavy atom. The maximum atomic E-state index is 6.72. The van der Waals surface area contributed by atoms with Crippen molar-refractivity contribution in [3.05, 3.63) is 48.0 Å². The summed E-state index contributed by atoms with van der Waals surface area (Å²) in [4.78, 5) is 0. The molecule has 0 bridgehead atoms. The molecule has 0 aliphatic heterocycles. The first-order valence-corrected chi connectivity index (χ1v) is 13.5. The Labute approximate surface area is 169 Å². The van der Waals surface area contributed by atoms with Gasteiger partial charge in [0, 0.05) is 6.61 Å². The summed E-state index contributed by atoms with van der Waals surface area (Å²) in [6.07, 6.45) is 9.56. The molecule has 0 saturated carbocycles. The predicted octanol–water partition coefficient (Wildman–Crippen LogP) is 7.37. The molecule has 0 spiro atoms. The van der Waals surface area contributed by atoms with E-state index in [9.17, 15) is 0 Å². The van der Waals surface area contributed by atoms with E-state index in [4.69, 9.17) is 9.16 Å². The number of benzene rings is 1. The van der Waals surface area contributed by atoms with Crippen molar-refractivity contribution in [1.82, 2.24) is 0 Å². The monoisotopic (exact) mass is 390 g/mol. The normalized spacial score (nSPS) is 13.6. The molecule has 0 saturated heterocycles. The number of ether oxygens (including phenoxy) is 1. The molecule has 27 heavy (non-hydrogen) atoms. The fourth-order valence-electron chi connectivity index (χ4n) is 3.36. The first-order valence-electron chi connectivity index (χ1n) is 11.0. The van der Waals surface area contributed by atoms with E-state index in [0.717, 1.165) is 32.5 Å². The Morgan fingerprint density at radius 3 is 2.19 bits per heavy atom. The highest BCUT2D eigenvalue weighted by Crippen LogP contribution is 2.27. The van der Waals surface area contributed by atoms with Crippen LogP contribution in [0.2, 0.25) is 18.1 Å². The van der Waals surface area contributed by atoms with Gasteiger partial charge in [0.25, 0.3) is 0 Å². The van der Waals surface area contributed by atoms with Gasteiger partial charge in [0.2, 0.25) is 0 Å². The van der Waals surface area contributed by atoms with Gasteiger partial charge >= 0.3 is 0 Å². The second kappa shape index (κ2) is 14.1. The minimum atomic E-state index is -1.51. The van der Waals surface area contributed by atoms with Crippen molar-refractivity contribution >= 4 is 8.32 Å². The van der Waals surface area contributed by atoms with E-state index in [1.165, 1.54) is 30.1 Å². The second-order valence-electron chi connectivity index (χ2n) is 7.89. The van der Waals surface area contributed by atoms with Crippen LogP contribution in [0.15, 0.2) is 42.5 Å². The third-order valence-electron chi connectivity index (χ3n) is 5.63. The lowest BCUT2D eigenvalue weighted by Crippen LogP contribution is -2.41. The average Bonchev–Trinajstić information content (AvgIpc) is 2.70. The number of rotatable bonds is 15. The van der Waals surface area contributed by atoms with Crippen molar-refractivity contribution in [2.45, 2.75) is 91.1 Å². The van der Waals surface area contributed by atoms with Crippen molar-refractivity contribution in [2.75, 3.05) is 6.61 Å². The first-order chi connectivity index (χ1) is 13.1. The molecule has 1 rings (SSSR count). The molecular formula is C24H42O2Si. The molecule has 2 nitrogen and oxygen atoms in total. The van der Waals surface area contributed by atoms with E-state index in [0.29, 0.717) is 12.0 Å². The van der Waals surface area contributed by atoms with E-state index < -0.39 is 8.32 Å². The number of allylic oxidation sites excluding steroid dienone is 1. The van der Waals surface area contributed by atoms with Gasteiger partial charge in [0.05, 0.1) is 12.7 Å². The largest absolute Gasteiger partial charge is 0.413 e. The Kier molecular flexibility index (Phi) is 12.6. The lowest BCUT2D eigenvalue weighted by molar-refractivity contribution is 0.117. The summed E-state index contributed by atoms with van der Waals surface area (Å²) in [5, 5.41) is 0. The smallest absolute Gasteiger partial charge is 0.192 e. The average molecular weight is 391 g/mol. The van der Waals surface area contributed by atoms with Crippen LogP contribution in [0.3, 0.4) is 0 Å². The molecule has 0 aliphatic carbocycles. The van der Waals surface area contributed by atoms with Gasteiger partial charge in [-0.05, 0) is 55.3 Å². The molecule has 0 fully saturated rings. The van der Waals surface area contributed by atoms with Gasteiger partial charge in [-0.2, -0.15) is 0 Å². The van der Waals surface area contributed by atoms with Crippen LogP contribution in [0.5, 0.6) is 0 Å². The van der Waals surface area contributed by atoms with Gasteiger partial charge in [0.15, 0.2) is 8.32 Å². The molecule has 0 aliphatic rings. The quantitative estimate of drug-likeness (QED) is 0.177. The lowest BCUT2D eigenvalue weighted by Gasteiger charge is -2.34. The van der Waals surface area contributed by atoms with E-state index in [1.54, 1.807) is 0 Å². The molecule has 0 heterocycles. The Bertz CT molecular complexity index is 486. The van der Waals surface area contributed by atoms with Gasteiger partial charge in [0.1, 0.15) is 0 Å². The summed E-state index contributed by atoms with van der Waals surface area (Å²) in [5.74, 6) is 0.581. The van der Waals surface area contributed by atoms with Gasteiger partial charge in [-0.25, -0.2) is 0 Å². The van der Waals surface area contributed by atoms with Crippen LogP contribution in [0.1, 0.15) is 65.9 Å². The van der Waals surface area contributed by atoms with Crippen LogP contribution >= 0.6 is 0 Å². The topological polar surface area (TPSA) is 18.5 Å². The van der Waals surface area contributed by atoms with Crippen molar-refractivity contribution in [3.63, 3.8) is 0 Å². The number of hydrogen-bond donors (Lipinski definition) is 0. The van der Waals surface area contributed by atoms with E-state index in [1.807, 2.05) is 6.07 Å². The fraction of sp³-hybridized carbons (Fsp3) is 0.667. The summed E-state index contributed by atoms with van der Waals surface area (Å²) in [6.45, 7) is 13.1. The van der Waals surface area contributed by atoms with E-state index in [-0.39, 0.29) is 0 Å². The van der Waals surface area contributed by atoms with Crippen LogP contribution in [0, 0.1) is 5.92 Å². The first kappa shape index (κ1) is 24.1. The third-order valence-corrected chi connectivity index (χ3v) is 10.3. The zero-order valence-electron chi connectivity index (χ0n) is 18.4. The Morgan fingerprint density at radius 1 is 0.926 bits per heavy atom. The lowest BCUT2D eigenvalue weighted by atomic mass is 10.0. The van der Waals surface area contributed by atoms with Crippen molar-refractivity contribution in [2.24, 2.45) is 5.92 Å². The van der Waals surface area contributed by atoms with Gasteiger partial charge in [-0.15, -0.1) is 0 Å². The molecule has 0 aromatic heterocycles. The summed E-state index contributed by atoms with van der Waals surface area (Å²) in [7, 11) is -1.51. The number of unbranched alkanes of at least 4 members (excludes halogenated alkanes) is 2. The molecule has 1 aromatic carbocycles. The maximum absolute atomic E-state index is 6.72. The highest BCUT2D eigenvalue weighted by molar-refractivity contribution is 6.73. The molecule has 0 N–H and O–H groups in total. The maximum Gasteiger partial charge on any atom is 0.192 e. The summed E-state index contributed by atoms with van der Waals surface area (Å²) in [5.41, 5.74) is 1.25. The molecule has 0 radical (unpaired) electrons. The Hall–Kier alpha value is -0.903. The summed E-state index contributed by atoms with van der Waals surface area (Å²) in [6, 6.07) is 14.1. The summed E-state index contributed by atoms with van der Waals surface area (Å²) < 4.78 is 12.5. The molecular weight excluding hydrogens is 348 g/mol. The van der Waals surface area contributed by atoms with Crippen LogP contribution in [0.25, 0.3) is 0 Å². The Balaban J connectivity index is 2.21.